The number of hydrogen-bond donors (Lipinski definition) is 1. The van der Waals surface area contributed by atoms with E-state index in [-0.39, 0.29) is 27.8 Å². The Hall–Kier alpha value is -3.17. The molecule has 1 N–H and O–H groups in total. The Kier molecular flexibility index (Phi) is 3.40. The molecule has 0 aliphatic rings. The summed E-state index contributed by atoms with van der Waals surface area (Å²) in [5.41, 5.74) is -1.34. The number of halogens is 4. The van der Waals surface area contributed by atoms with Crippen LogP contribution in [0.4, 0.5) is 23.2 Å². The second-order valence-corrected chi connectivity index (χ2v) is 5.93. The Bertz CT molecular complexity index is 1130. The van der Waals surface area contributed by atoms with Crippen molar-refractivity contribution in [2.24, 2.45) is 0 Å². The summed E-state index contributed by atoms with van der Waals surface area (Å²) < 4.78 is 57.9. The summed E-state index contributed by atoms with van der Waals surface area (Å²) >= 11 is 0. The average Bonchev–Trinajstić information content (AvgIpc) is 3.19. The van der Waals surface area contributed by atoms with Crippen molar-refractivity contribution in [1.29, 1.82) is 0 Å². The van der Waals surface area contributed by atoms with Crippen LogP contribution in [0.1, 0.15) is 5.56 Å². The van der Waals surface area contributed by atoms with Crippen molar-refractivity contribution in [1.82, 2.24) is 24.6 Å². The van der Waals surface area contributed by atoms with E-state index in [9.17, 15) is 17.6 Å². The first-order chi connectivity index (χ1) is 12.3. The number of anilines is 1. The van der Waals surface area contributed by atoms with Crippen LogP contribution in [0.5, 0.6) is 0 Å². The molecule has 0 bridgehead atoms. The van der Waals surface area contributed by atoms with E-state index in [2.05, 4.69) is 20.2 Å². The number of benzene rings is 1. The lowest BCUT2D eigenvalue weighted by Crippen LogP contribution is -2.18. The van der Waals surface area contributed by atoms with E-state index < -0.39 is 17.6 Å². The highest BCUT2D eigenvalue weighted by atomic mass is 19.4. The number of nitrogens with zero attached hydrogens (tertiary/aromatic N) is 5. The standard InChI is InChI=1S/C16H12F4N6/c1-25(2)15-13(17)12(16(18,19)20)11(8-5-23-24-14(8)15)9-7-26-4-3-21-10(26)6-22-9/h3-7H,1-2H3,(H,23,24). The van der Waals surface area contributed by atoms with Crippen LogP contribution in [0, 0.1) is 5.82 Å². The van der Waals surface area contributed by atoms with Gasteiger partial charge in [-0.25, -0.2) is 9.37 Å². The van der Waals surface area contributed by atoms with Crippen molar-refractivity contribution in [3.63, 3.8) is 0 Å². The zero-order chi connectivity index (χ0) is 18.6. The van der Waals surface area contributed by atoms with E-state index in [1.807, 2.05) is 0 Å². The molecule has 4 rings (SSSR count). The van der Waals surface area contributed by atoms with Gasteiger partial charge in [-0.3, -0.25) is 10.1 Å². The summed E-state index contributed by atoms with van der Waals surface area (Å²) in [6.07, 6.45) is 2.11. The molecule has 3 heterocycles. The Morgan fingerprint density at radius 1 is 1.15 bits per heavy atom. The number of fused-ring (bicyclic) bond motifs is 2. The van der Waals surface area contributed by atoms with Crippen molar-refractivity contribution in [2.45, 2.75) is 6.18 Å². The van der Waals surface area contributed by atoms with E-state index >= 15 is 0 Å². The molecule has 0 saturated carbocycles. The lowest BCUT2D eigenvalue weighted by atomic mass is 9.97. The third-order valence-corrected chi connectivity index (χ3v) is 4.09. The number of alkyl halides is 3. The zero-order valence-corrected chi connectivity index (χ0v) is 13.6. The first kappa shape index (κ1) is 16.3. The van der Waals surface area contributed by atoms with E-state index in [0.717, 1.165) is 0 Å². The first-order valence-electron chi connectivity index (χ1n) is 7.51. The molecular formula is C16H12F4N6. The van der Waals surface area contributed by atoms with E-state index in [1.165, 1.54) is 48.2 Å². The minimum atomic E-state index is -4.92. The molecule has 10 heteroatoms. The number of aromatic nitrogens is 5. The highest BCUT2D eigenvalue weighted by Gasteiger charge is 2.41. The van der Waals surface area contributed by atoms with Crippen LogP contribution < -0.4 is 4.90 Å². The fourth-order valence-corrected chi connectivity index (χ4v) is 3.04. The Balaban J connectivity index is 2.17. The number of H-pyrrole nitrogens is 1. The lowest BCUT2D eigenvalue weighted by molar-refractivity contribution is -0.139. The van der Waals surface area contributed by atoms with Crippen LogP contribution in [0.3, 0.4) is 0 Å². The van der Waals surface area contributed by atoms with Crippen LogP contribution in [-0.2, 0) is 6.18 Å². The molecule has 0 aliphatic carbocycles. The van der Waals surface area contributed by atoms with Crippen molar-refractivity contribution in [3.8, 4) is 11.3 Å². The average molecular weight is 364 g/mol. The smallest absolute Gasteiger partial charge is 0.374 e. The summed E-state index contributed by atoms with van der Waals surface area (Å²) in [5.74, 6) is -1.37. The van der Waals surface area contributed by atoms with Crippen LogP contribution in [-0.4, -0.2) is 38.7 Å². The molecule has 0 atom stereocenters. The topological polar surface area (TPSA) is 62.1 Å². The van der Waals surface area contributed by atoms with Gasteiger partial charge in [0.1, 0.15) is 5.56 Å². The van der Waals surface area contributed by atoms with E-state index in [0.29, 0.717) is 5.65 Å². The Morgan fingerprint density at radius 2 is 1.92 bits per heavy atom. The maximum Gasteiger partial charge on any atom is 0.419 e. The minimum absolute atomic E-state index is 0.0292. The van der Waals surface area contributed by atoms with Gasteiger partial charge < -0.3 is 9.30 Å². The second kappa shape index (κ2) is 5.41. The normalized spacial score (nSPS) is 12.2. The van der Waals surface area contributed by atoms with Crippen molar-refractivity contribution < 1.29 is 17.6 Å². The number of rotatable bonds is 2. The van der Waals surface area contributed by atoms with E-state index in [4.69, 9.17) is 0 Å². The third kappa shape index (κ3) is 2.29. The molecule has 26 heavy (non-hydrogen) atoms. The highest BCUT2D eigenvalue weighted by Crippen LogP contribution is 2.45. The number of hydrogen-bond acceptors (Lipinski definition) is 4. The third-order valence-electron chi connectivity index (χ3n) is 4.09. The van der Waals surface area contributed by atoms with E-state index in [1.54, 1.807) is 6.20 Å². The summed E-state index contributed by atoms with van der Waals surface area (Å²) in [5, 5.41) is 6.53. The van der Waals surface area contributed by atoms with Gasteiger partial charge >= 0.3 is 6.18 Å². The summed E-state index contributed by atoms with van der Waals surface area (Å²) in [7, 11) is 2.93. The van der Waals surface area contributed by atoms with Crippen molar-refractivity contribution in [3.05, 3.63) is 42.4 Å². The number of aromatic amines is 1. The van der Waals surface area contributed by atoms with Gasteiger partial charge in [-0.2, -0.15) is 18.3 Å². The minimum Gasteiger partial charge on any atom is -0.374 e. The molecule has 134 valence electrons. The van der Waals surface area contributed by atoms with Crippen LogP contribution in [0.25, 0.3) is 27.8 Å². The molecule has 0 spiro atoms. The van der Waals surface area contributed by atoms with Gasteiger partial charge in [0.25, 0.3) is 0 Å². The van der Waals surface area contributed by atoms with Crippen molar-refractivity contribution >= 4 is 22.2 Å². The molecule has 0 radical (unpaired) electrons. The van der Waals surface area contributed by atoms with Gasteiger partial charge in [0.15, 0.2) is 11.5 Å². The molecule has 1 aromatic carbocycles. The predicted molar refractivity (Wildman–Crippen MR) is 87.4 cm³/mol. The molecule has 6 nitrogen and oxygen atoms in total. The van der Waals surface area contributed by atoms with Crippen LogP contribution in [0.2, 0.25) is 0 Å². The summed E-state index contributed by atoms with van der Waals surface area (Å²) in [6, 6.07) is 0. The Labute approximate surface area is 144 Å². The van der Waals surface area contributed by atoms with Gasteiger partial charge in [0, 0.05) is 43.6 Å². The largest absolute Gasteiger partial charge is 0.419 e. The van der Waals surface area contributed by atoms with Gasteiger partial charge in [0.2, 0.25) is 0 Å². The summed E-state index contributed by atoms with van der Waals surface area (Å²) in [4.78, 5) is 9.35. The molecule has 0 fully saturated rings. The lowest BCUT2D eigenvalue weighted by Gasteiger charge is -2.21. The number of imidazole rings is 1. The van der Waals surface area contributed by atoms with Gasteiger partial charge in [-0.05, 0) is 0 Å². The molecule has 0 aliphatic heterocycles. The SMILES string of the molecule is CN(C)c1c(F)c(C(F)(F)F)c(-c2cn3ccnc3cn2)c2cn[nH]c12. The Morgan fingerprint density at radius 3 is 2.62 bits per heavy atom. The maximum atomic E-state index is 15.0. The number of nitrogens with one attached hydrogen (secondary N) is 1. The summed E-state index contributed by atoms with van der Waals surface area (Å²) in [6.45, 7) is 0. The zero-order valence-electron chi connectivity index (χ0n) is 13.6. The molecule has 0 saturated heterocycles. The quantitative estimate of drug-likeness (QED) is 0.553. The fraction of sp³-hybridized carbons (Fsp3) is 0.188. The highest BCUT2D eigenvalue weighted by molar-refractivity contribution is 6.02. The first-order valence-corrected chi connectivity index (χ1v) is 7.51. The van der Waals surface area contributed by atoms with Crippen LogP contribution >= 0.6 is 0 Å². The monoisotopic (exact) mass is 364 g/mol. The molecule has 4 aromatic rings. The van der Waals surface area contributed by atoms with Gasteiger partial charge in [0.05, 0.1) is 29.3 Å². The van der Waals surface area contributed by atoms with Crippen molar-refractivity contribution in [2.75, 3.05) is 19.0 Å². The molecule has 3 aromatic heterocycles. The maximum absolute atomic E-state index is 15.0. The van der Waals surface area contributed by atoms with Gasteiger partial charge in [-0.1, -0.05) is 0 Å². The fourth-order valence-electron chi connectivity index (χ4n) is 3.04. The van der Waals surface area contributed by atoms with Crippen LogP contribution in [0.15, 0.2) is 31.0 Å². The molecular weight excluding hydrogens is 352 g/mol. The van der Waals surface area contributed by atoms with Gasteiger partial charge in [-0.15, -0.1) is 0 Å². The second-order valence-electron chi connectivity index (χ2n) is 5.93. The predicted octanol–water partition coefficient (Wildman–Crippen LogP) is 3.50. The molecule has 0 unspecified atom stereocenters. The molecule has 0 amide bonds.